The van der Waals surface area contributed by atoms with E-state index in [-0.39, 0.29) is 23.6 Å². The third-order valence-corrected chi connectivity index (χ3v) is 13.6. The number of nitrogens with two attached hydrogens (primary N) is 1. The molecule has 0 amide bonds. The van der Waals surface area contributed by atoms with Gasteiger partial charge in [-0.25, -0.2) is 18.4 Å². The first-order valence-corrected chi connectivity index (χ1v) is 23.4. The van der Waals surface area contributed by atoms with Crippen molar-refractivity contribution >= 4 is 137 Å². The molecule has 0 fully saturated rings. The van der Waals surface area contributed by atoms with Gasteiger partial charge in [-0.15, -0.1) is 0 Å². The number of aromatic nitrogens is 7. The number of hydrogen-bond donors (Lipinski definition) is 1. The second-order valence-electron chi connectivity index (χ2n) is 16.2. The van der Waals surface area contributed by atoms with Crippen molar-refractivity contribution in [1.82, 2.24) is 33.3 Å². The first-order valence-electron chi connectivity index (χ1n) is 21.8. The maximum absolute atomic E-state index is 13.1. The van der Waals surface area contributed by atoms with Crippen molar-refractivity contribution in [3.8, 4) is 17.1 Å². The van der Waals surface area contributed by atoms with Crippen LogP contribution < -0.4 is 17.1 Å². The molecule has 336 valence electrons. The lowest BCUT2D eigenvalue weighted by atomic mass is 10.0. The maximum atomic E-state index is 13.1. The van der Waals surface area contributed by atoms with Crippen LogP contribution in [-0.4, -0.2) is 33.3 Å². The van der Waals surface area contributed by atoms with E-state index in [0.717, 1.165) is 85.8 Å². The van der Waals surface area contributed by atoms with Crippen LogP contribution >= 0.6 is 31.9 Å². The second-order valence-corrected chi connectivity index (χ2v) is 17.9. The van der Waals surface area contributed by atoms with Gasteiger partial charge in [-0.05, 0) is 72.8 Å². The van der Waals surface area contributed by atoms with Gasteiger partial charge in [0.15, 0.2) is 11.2 Å². The number of halogens is 2. The molecule has 0 aliphatic carbocycles. The van der Waals surface area contributed by atoms with Crippen molar-refractivity contribution in [2.24, 2.45) is 0 Å². The van der Waals surface area contributed by atoms with Crippen LogP contribution in [0.5, 0.6) is 0 Å². The third kappa shape index (κ3) is 6.52. The highest BCUT2D eigenvalue weighted by Crippen LogP contribution is 2.43. The Labute approximate surface area is 408 Å². The van der Waals surface area contributed by atoms with Crippen molar-refractivity contribution in [3.63, 3.8) is 0 Å². The molecule has 0 radical (unpaired) electrons. The molecule has 7 heterocycles. The van der Waals surface area contributed by atoms with E-state index in [1.807, 2.05) is 126 Å². The van der Waals surface area contributed by atoms with E-state index >= 15 is 0 Å². The topological polar surface area (TPSA) is 178 Å². The summed E-state index contributed by atoms with van der Waals surface area (Å²) in [6.07, 6.45) is 0. The number of fused-ring (bicyclic) bond motifs is 16. The van der Waals surface area contributed by atoms with Crippen LogP contribution in [0.3, 0.4) is 0 Å². The highest BCUT2D eigenvalue weighted by atomic mass is 79.9. The lowest BCUT2D eigenvalue weighted by molar-refractivity contribution is 0.626. The van der Waals surface area contributed by atoms with Gasteiger partial charge in [0.1, 0.15) is 22.3 Å². The molecule has 0 unspecified atom stereocenters. The molecule has 0 aliphatic heterocycles. The van der Waals surface area contributed by atoms with Crippen molar-refractivity contribution in [2.45, 2.75) is 0 Å². The molecular weight excluding hydrogens is 1020 g/mol. The van der Waals surface area contributed by atoms with E-state index in [0.29, 0.717) is 22.2 Å². The van der Waals surface area contributed by atoms with Crippen LogP contribution in [0.4, 0.5) is 5.95 Å². The molecule has 0 aliphatic rings. The lowest BCUT2D eigenvalue weighted by Crippen LogP contribution is -2.20. The number of benzene rings is 8. The number of nitrogen functional groups attached to an aromatic ring is 1. The molecule has 0 bridgehead atoms. The monoisotopic (exact) mass is 1040 g/mol. The van der Waals surface area contributed by atoms with Gasteiger partial charge >= 0.3 is 23.1 Å². The fourth-order valence-corrected chi connectivity index (χ4v) is 10.2. The molecule has 0 saturated carbocycles. The number of para-hydroxylation sites is 7. The predicted octanol–water partition coefficient (Wildman–Crippen LogP) is 13.0. The molecule has 0 saturated heterocycles. The fraction of sp³-hybridized carbons (Fsp3) is 0. The Balaban J connectivity index is 0.000000113. The molecule has 2 N–H and O–H groups in total. The Morgan fingerprint density at radius 2 is 0.929 bits per heavy atom. The largest absolute Gasteiger partial charge is 0.455 e. The van der Waals surface area contributed by atoms with Gasteiger partial charge in [0.25, 0.3) is 0 Å². The van der Waals surface area contributed by atoms with Crippen molar-refractivity contribution in [1.29, 1.82) is 0 Å². The summed E-state index contributed by atoms with van der Waals surface area (Å²) in [7, 11) is 0. The maximum Gasteiger partial charge on any atom is 0.359 e. The number of oxazole rings is 2. The number of anilines is 1. The van der Waals surface area contributed by atoms with E-state index in [9.17, 15) is 9.59 Å². The molecule has 15 rings (SSSR count). The minimum absolute atomic E-state index is 0.0842. The van der Waals surface area contributed by atoms with Gasteiger partial charge < -0.3 is 23.4 Å². The van der Waals surface area contributed by atoms with Gasteiger partial charge in [0.05, 0.1) is 27.5 Å². The van der Waals surface area contributed by atoms with Crippen LogP contribution in [0.15, 0.2) is 206 Å². The number of furan rings is 2. The van der Waals surface area contributed by atoms with Crippen molar-refractivity contribution in [3.05, 3.63) is 200 Å². The lowest BCUT2D eigenvalue weighted by Gasteiger charge is -2.07. The van der Waals surface area contributed by atoms with Crippen LogP contribution in [0, 0.1) is 0 Å². The van der Waals surface area contributed by atoms with Gasteiger partial charge in [0.2, 0.25) is 11.9 Å². The van der Waals surface area contributed by atoms with Crippen LogP contribution in [0.1, 0.15) is 0 Å². The van der Waals surface area contributed by atoms with Crippen LogP contribution in [0.25, 0.3) is 117 Å². The standard InChI is InChI=1S/C27H14N4O3.C18H10Br2O.C9H6N4O2/c32-26-28-25(29-27-31(26)19-10-4-6-12-22(19)34-27)30-18-9-3-1-8-17(18)23-20(30)14-13-16-15-7-2-5-11-21(15)33-24(16)23;19-14-7-3-1-6-13(14)17-15(20)10-9-12-11-5-2-4-8-16(11)21-18(12)17;10-7-11-8(14)13-5-3-1-2-4-6(5)15-9(13)12-7/h1-14H;1-10H;1-4H,(H2,10,11,14). The van der Waals surface area contributed by atoms with E-state index in [4.69, 9.17) is 23.4 Å². The molecular formula is C54H30Br2N8O6. The Kier molecular flexibility index (Phi) is 9.53. The summed E-state index contributed by atoms with van der Waals surface area (Å²) in [6.45, 7) is 0. The normalized spacial score (nSPS) is 11.7. The summed E-state index contributed by atoms with van der Waals surface area (Å²) in [5.74, 6) is 0.533. The third-order valence-electron chi connectivity index (χ3n) is 12.2. The SMILES string of the molecule is Brc1ccccc1-c1c(Br)ccc2c1oc1ccccc12.Nc1nc(=O)n2c(n1)oc1ccccc12.O=c1nc(-n2c3ccccc3c3c4oc5ccccc5c4ccc32)nc2oc3ccccc3n12. The van der Waals surface area contributed by atoms with Gasteiger partial charge in [-0.2, -0.15) is 19.9 Å². The van der Waals surface area contributed by atoms with Crippen LogP contribution in [0.2, 0.25) is 0 Å². The zero-order valence-electron chi connectivity index (χ0n) is 36.1. The number of nitrogens with zero attached hydrogens (tertiary/aromatic N) is 7. The average Bonchev–Trinajstić information content (AvgIpc) is 4.20. The van der Waals surface area contributed by atoms with Gasteiger partial charge in [-0.3, -0.25) is 4.57 Å². The minimum atomic E-state index is -0.484. The van der Waals surface area contributed by atoms with E-state index in [2.05, 4.69) is 82.1 Å². The molecule has 70 heavy (non-hydrogen) atoms. The molecule has 8 aromatic carbocycles. The highest BCUT2D eigenvalue weighted by molar-refractivity contribution is 9.11. The minimum Gasteiger partial charge on any atom is -0.455 e. The Hall–Kier alpha value is -8.86. The zero-order valence-corrected chi connectivity index (χ0v) is 39.3. The predicted molar refractivity (Wildman–Crippen MR) is 279 cm³/mol. The number of rotatable bonds is 2. The second kappa shape index (κ2) is 16.1. The Bertz CT molecular complexity index is 4730. The molecule has 0 atom stereocenters. The van der Waals surface area contributed by atoms with Crippen molar-refractivity contribution < 1.29 is 17.7 Å². The Morgan fingerprint density at radius 3 is 1.60 bits per heavy atom. The van der Waals surface area contributed by atoms with Gasteiger partial charge in [-0.1, -0.05) is 129 Å². The summed E-state index contributed by atoms with van der Waals surface area (Å²) >= 11 is 7.30. The summed E-state index contributed by atoms with van der Waals surface area (Å²) in [6, 6.07) is 55.0. The van der Waals surface area contributed by atoms with E-state index < -0.39 is 11.4 Å². The molecule has 0 spiro atoms. The van der Waals surface area contributed by atoms with E-state index in [1.165, 1.54) is 8.80 Å². The summed E-state index contributed by atoms with van der Waals surface area (Å²) in [5, 5.41) is 6.34. The summed E-state index contributed by atoms with van der Waals surface area (Å²) < 4.78 is 30.3. The summed E-state index contributed by atoms with van der Waals surface area (Å²) in [5.41, 5.74) is 14.3. The first kappa shape index (κ1) is 41.3. The fourth-order valence-electron chi connectivity index (χ4n) is 9.21. The Morgan fingerprint density at radius 1 is 0.414 bits per heavy atom. The molecule has 15 aromatic rings. The zero-order chi connectivity index (χ0) is 47.2. The summed E-state index contributed by atoms with van der Waals surface area (Å²) in [4.78, 5) is 41.0. The van der Waals surface area contributed by atoms with E-state index in [1.54, 1.807) is 18.2 Å². The van der Waals surface area contributed by atoms with Gasteiger partial charge in [0, 0.05) is 47.0 Å². The van der Waals surface area contributed by atoms with Crippen molar-refractivity contribution in [2.75, 3.05) is 5.73 Å². The quantitative estimate of drug-likeness (QED) is 0.174. The number of hydrogen-bond acceptors (Lipinski definition) is 11. The smallest absolute Gasteiger partial charge is 0.359 e. The molecule has 16 heteroatoms. The first-order chi connectivity index (χ1) is 34.3. The molecule has 14 nitrogen and oxygen atoms in total. The highest BCUT2D eigenvalue weighted by Gasteiger charge is 2.22. The van der Waals surface area contributed by atoms with Crippen LogP contribution in [-0.2, 0) is 0 Å². The average molecular weight is 1050 g/mol. The molecule has 7 aromatic heterocycles.